The molecule has 218 valence electrons. The van der Waals surface area contributed by atoms with Gasteiger partial charge in [0.25, 0.3) is 5.13 Å². The van der Waals surface area contributed by atoms with Crippen molar-refractivity contribution in [3.63, 3.8) is 0 Å². The van der Waals surface area contributed by atoms with E-state index in [1.54, 1.807) is 4.72 Å². The zero-order valence-corrected chi connectivity index (χ0v) is 24.0. The van der Waals surface area contributed by atoms with E-state index in [0.29, 0.717) is 18.7 Å². The van der Waals surface area contributed by atoms with Crippen molar-refractivity contribution in [3.05, 3.63) is 22.7 Å². The molecule has 3 rings (SSSR count). The van der Waals surface area contributed by atoms with Crippen molar-refractivity contribution in [2.75, 3.05) is 36.5 Å². The standard InChI is InChI=1S/C21H27F3N6O5S2.C2H6/c1-4-8-30-14(5-2)7-6-13-11-15(16(12-17(13)30)29-37(32,33)21(22,23)24)25-27-20-28-26-18(36-20)19(31)35-10-9-34-3;1-2/h11-12,14,29H,4-10H2,1-3H3;1-2H3. The Balaban J connectivity index is 0.00000260. The minimum Gasteiger partial charge on any atom is -0.458 e. The maximum atomic E-state index is 13.2. The van der Waals surface area contributed by atoms with E-state index >= 15 is 0 Å². The lowest BCUT2D eigenvalue weighted by Gasteiger charge is -2.39. The zero-order chi connectivity index (χ0) is 29.2. The van der Waals surface area contributed by atoms with Crippen LogP contribution in [0.3, 0.4) is 0 Å². The summed E-state index contributed by atoms with van der Waals surface area (Å²) >= 11 is 0.756. The molecule has 0 saturated heterocycles. The molecule has 11 nitrogen and oxygen atoms in total. The molecule has 39 heavy (non-hydrogen) atoms. The Kier molecular flexibility index (Phi) is 12.0. The Hall–Kier alpha value is -2.85. The van der Waals surface area contributed by atoms with Crippen molar-refractivity contribution >= 4 is 49.5 Å². The molecule has 1 aliphatic rings. The van der Waals surface area contributed by atoms with Crippen LogP contribution in [0.25, 0.3) is 0 Å². The number of aromatic nitrogens is 2. The average Bonchev–Trinajstić information content (AvgIpc) is 3.37. The van der Waals surface area contributed by atoms with E-state index in [0.717, 1.165) is 36.2 Å². The van der Waals surface area contributed by atoms with Crippen LogP contribution < -0.4 is 9.62 Å². The second-order valence-corrected chi connectivity index (χ2v) is 10.7. The number of sulfonamides is 1. The summed E-state index contributed by atoms with van der Waals surface area (Å²) in [4.78, 5) is 14.1. The molecule has 1 unspecified atom stereocenters. The summed E-state index contributed by atoms with van der Waals surface area (Å²) in [5, 5.41) is 15.0. The summed E-state index contributed by atoms with van der Waals surface area (Å²) in [6, 6.07) is 3.06. The van der Waals surface area contributed by atoms with E-state index in [1.165, 1.54) is 19.2 Å². The largest absolute Gasteiger partial charge is 0.516 e. The molecule has 0 radical (unpaired) electrons. The first-order valence-electron chi connectivity index (χ1n) is 12.4. The lowest BCUT2D eigenvalue weighted by Crippen LogP contribution is -2.39. The van der Waals surface area contributed by atoms with Gasteiger partial charge in [-0.3, -0.25) is 4.72 Å². The van der Waals surface area contributed by atoms with Crippen molar-refractivity contribution in [1.29, 1.82) is 0 Å². The SMILES string of the molecule is CC.CCCN1c2cc(NS(=O)(=O)C(F)(F)F)c(N=Nc3nnc(C(=O)OCCOC)s3)cc2CCC1CC. The van der Waals surface area contributed by atoms with E-state index < -0.39 is 21.5 Å². The topological polar surface area (TPSA) is 135 Å². The predicted octanol–water partition coefficient (Wildman–Crippen LogP) is 5.99. The normalized spacial score (nSPS) is 15.5. The molecule has 1 atom stereocenters. The number of fused-ring (bicyclic) bond motifs is 1. The summed E-state index contributed by atoms with van der Waals surface area (Å²) in [5.74, 6) is -0.745. The number of carbonyl (C=O) groups is 1. The average molecular weight is 595 g/mol. The first-order valence-corrected chi connectivity index (χ1v) is 14.7. The van der Waals surface area contributed by atoms with Crippen molar-refractivity contribution in [2.24, 2.45) is 10.2 Å². The number of azo groups is 1. The Bertz CT molecular complexity index is 1240. The number of esters is 1. The summed E-state index contributed by atoms with van der Waals surface area (Å²) in [5.41, 5.74) is -4.57. The Morgan fingerprint density at radius 3 is 2.54 bits per heavy atom. The first kappa shape index (κ1) is 32.4. The third kappa shape index (κ3) is 8.32. The lowest BCUT2D eigenvalue weighted by molar-refractivity contribution is -0.0429. The van der Waals surface area contributed by atoms with Crippen LogP contribution in [0.2, 0.25) is 0 Å². The van der Waals surface area contributed by atoms with Gasteiger partial charge in [-0.1, -0.05) is 39.0 Å². The molecule has 2 aromatic rings. The van der Waals surface area contributed by atoms with E-state index in [4.69, 9.17) is 9.47 Å². The van der Waals surface area contributed by atoms with Gasteiger partial charge in [-0.25, -0.2) is 4.79 Å². The van der Waals surface area contributed by atoms with E-state index in [9.17, 15) is 26.4 Å². The van der Waals surface area contributed by atoms with Crippen molar-refractivity contribution in [2.45, 2.75) is 64.9 Å². The molecular formula is C23H33F3N6O5S2. The predicted molar refractivity (Wildman–Crippen MR) is 143 cm³/mol. The number of aryl methyl sites for hydroxylation is 1. The number of hydrogen-bond donors (Lipinski definition) is 1. The number of halogens is 3. The number of alkyl halides is 3. The Morgan fingerprint density at radius 2 is 1.92 bits per heavy atom. The Labute approximate surface area is 229 Å². The molecular weight excluding hydrogens is 561 g/mol. The Morgan fingerprint density at radius 1 is 1.21 bits per heavy atom. The second-order valence-electron chi connectivity index (χ2n) is 8.06. The molecule has 16 heteroatoms. The molecule has 0 saturated carbocycles. The molecule has 1 aromatic heterocycles. The van der Waals surface area contributed by atoms with Gasteiger partial charge in [-0.05, 0) is 43.4 Å². The third-order valence-electron chi connectivity index (χ3n) is 5.53. The van der Waals surface area contributed by atoms with Gasteiger partial charge >= 0.3 is 21.5 Å². The van der Waals surface area contributed by atoms with Gasteiger partial charge in [0.1, 0.15) is 12.3 Å². The first-order chi connectivity index (χ1) is 18.5. The summed E-state index contributed by atoms with van der Waals surface area (Å²) in [6.07, 6.45) is 3.10. The fraction of sp³-hybridized carbons (Fsp3) is 0.609. The lowest BCUT2D eigenvalue weighted by atomic mass is 9.93. The van der Waals surface area contributed by atoms with Gasteiger partial charge in [-0.15, -0.1) is 20.4 Å². The number of nitrogens with one attached hydrogen (secondary N) is 1. The maximum absolute atomic E-state index is 13.2. The molecule has 0 fully saturated rings. The summed E-state index contributed by atoms with van der Waals surface area (Å²) in [6.45, 7) is 8.88. The zero-order valence-electron chi connectivity index (χ0n) is 22.4. The monoisotopic (exact) mass is 594 g/mol. The number of methoxy groups -OCH3 is 1. The number of nitrogens with zero attached hydrogens (tertiary/aromatic N) is 5. The highest BCUT2D eigenvalue weighted by Crippen LogP contribution is 2.41. The molecule has 1 aliphatic heterocycles. The van der Waals surface area contributed by atoms with E-state index in [1.807, 2.05) is 27.7 Å². The molecule has 0 aliphatic carbocycles. The van der Waals surface area contributed by atoms with Crippen LogP contribution >= 0.6 is 11.3 Å². The van der Waals surface area contributed by atoms with Gasteiger partial charge < -0.3 is 14.4 Å². The molecule has 2 heterocycles. The molecule has 0 bridgehead atoms. The third-order valence-corrected chi connectivity index (χ3v) is 7.42. The van der Waals surface area contributed by atoms with E-state index in [-0.39, 0.29) is 40.8 Å². The number of benzene rings is 1. The molecule has 0 spiro atoms. The van der Waals surface area contributed by atoms with Gasteiger partial charge in [0, 0.05) is 25.4 Å². The number of carbonyl (C=O) groups excluding carboxylic acids is 1. The number of hydrogen-bond acceptors (Lipinski definition) is 11. The van der Waals surface area contributed by atoms with Crippen LogP contribution in [-0.4, -0.2) is 63.0 Å². The van der Waals surface area contributed by atoms with Gasteiger partial charge in [-0.2, -0.15) is 21.6 Å². The second kappa shape index (κ2) is 14.5. The highest BCUT2D eigenvalue weighted by molar-refractivity contribution is 7.93. The highest BCUT2D eigenvalue weighted by Gasteiger charge is 2.46. The van der Waals surface area contributed by atoms with Gasteiger partial charge in [0.05, 0.1) is 12.3 Å². The van der Waals surface area contributed by atoms with Crippen LogP contribution in [0, 0.1) is 0 Å². The molecule has 1 N–H and O–H groups in total. The highest BCUT2D eigenvalue weighted by atomic mass is 32.2. The van der Waals surface area contributed by atoms with E-state index in [2.05, 4.69) is 25.3 Å². The van der Waals surface area contributed by atoms with Crippen LogP contribution in [0.15, 0.2) is 22.4 Å². The number of anilines is 2. The van der Waals surface area contributed by atoms with Gasteiger partial charge in [0.15, 0.2) is 0 Å². The van der Waals surface area contributed by atoms with Crippen LogP contribution in [0.1, 0.15) is 62.3 Å². The fourth-order valence-corrected chi connectivity index (χ4v) is 4.94. The molecule has 0 amide bonds. The quantitative estimate of drug-likeness (QED) is 0.191. The van der Waals surface area contributed by atoms with Crippen molar-refractivity contribution in [1.82, 2.24) is 10.2 Å². The summed E-state index contributed by atoms with van der Waals surface area (Å²) < 4.78 is 74.7. The van der Waals surface area contributed by atoms with Crippen LogP contribution in [0.4, 0.5) is 35.4 Å². The smallest absolute Gasteiger partial charge is 0.458 e. The van der Waals surface area contributed by atoms with Crippen LogP contribution in [0.5, 0.6) is 0 Å². The maximum Gasteiger partial charge on any atom is 0.516 e. The minimum absolute atomic E-state index is 0.0114. The summed E-state index contributed by atoms with van der Waals surface area (Å²) in [7, 11) is -4.27. The number of ether oxygens (including phenoxy) is 2. The number of rotatable bonds is 11. The molecule has 1 aromatic carbocycles. The minimum atomic E-state index is -5.72. The van der Waals surface area contributed by atoms with Crippen molar-refractivity contribution in [3.8, 4) is 0 Å². The van der Waals surface area contributed by atoms with Crippen LogP contribution in [-0.2, 0) is 25.9 Å². The fourth-order valence-electron chi connectivity index (χ4n) is 3.81. The van der Waals surface area contributed by atoms with Crippen molar-refractivity contribution < 1.29 is 35.9 Å². The van der Waals surface area contributed by atoms with Gasteiger partial charge in [0.2, 0.25) is 5.01 Å².